The Kier molecular flexibility index (Phi) is 4.65. The Balaban J connectivity index is 2.70. The summed E-state index contributed by atoms with van der Waals surface area (Å²) in [6, 6.07) is 1.21. The van der Waals surface area contributed by atoms with Gasteiger partial charge in [0.05, 0.1) is 9.95 Å². The van der Waals surface area contributed by atoms with Crippen molar-refractivity contribution in [2.45, 2.75) is 6.42 Å². The molecule has 1 aromatic rings. The number of hydrogen-bond donors (Lipinski definition) is 2. The zero-order valence-corrected chi connectivity index (χ0v) is 9.82. The number of nitrogens with one attached hydrogen (secondary N) is 2. The third kappa shape index (κ3) is 3.87. The van der Waals surface area contributed by atoms with E-state index in [4.69, 9.17) is 11.6 Å². The Morgan fingerprint density at radius 2 is 2.35 bits per heavy atom. The number of halogens is 1. The molecule has 0 aliphatic rings. The molecule has 0 atom stereocenters. The van der Waals surface area contributed by atoms with Crippen molar-refractivity contribution >= 4 is 29.0 Å². The molecule has 0 aromatic carbocycles. The largest absolute Gasteiger partial charge is 0.364 e. The lowest BCUT2D eigenvalue weighted by Crippen LogP contribution is -2.21. The molecule has 0 radical (unpaired) electrons. The zero-order valence-electron chi connectivity index (χ0n) is 9.07. The summed E-state index contributed by atoms with van der Waals surface area (Å²) in [5.74, 6) is -0.0579. The predicted octanol–water partition coefficient (Wildman–Crippen LogP) is 1.19. The number of rotatable bonds is 5. The molecular formula is C9H11ClN4O3. The first-order valence-electron chi connectivity index (χ1n) is 4.79. The van der Waals surface area contributed by atoms with E-state index >= 15 is 0 Å². The average Bonchev–Trinajstić information content (AvgIpc) is 2.30. The number of nitrogens with zero attached hydrogens (tertiary/aromatic N) is 2. The highest BCUT2D eigenvalue weighted by molar-refractivity contribution is 6.30. The molecule has 1 rings (SSSR count). The van der Waals surface area contributed by atoms with Crippen LogP contribution < -0.4 is 10.6 Å². The second-order valence-electron chi connectivity index (χ2n) is 3.13. The Hall–Kier alpha value is -1.89. The van der Waals surface area contributed by atoms with E-state index in [9.17, 15) is 14.9 Å². The van der Waals surface area contributed by atoms with E-state index in [1.807, 2.05) is 0 Å². The first-order chi connectivity index (χ1) is 8.04. The van der Waals surface area contributed by atoms with Gasteiger partial charge in [0.15, 0.2) is 0 Å². The molecule has 17 heavy (non-hydrogen) atoms. The van der Waals surface area contributed by atoms with Crippen LogP contribution in [0.5, 0.6) is 0 Å². The second-order valence-corrected chi connectivity index (χ2v) is 3.56. The Morgan fingerprint density at radius 1 is 1.65 bits per heavy atom. The third-order valence-electron chi connectivity index (χ3n) is 1.95. The van der Waals surface area contributed by atoms with Crippen molar-refractivity contribution in [1.82, 2.24) is 10.3 Å². The van der Waals surface area contributed by atoms with Gasteiger partial charge < -0.3 is 10.6 Å². The highest BCUT2D eigenvalue weighted by Crippen LogP contribution is 2.24. The second kappa shape index (κ2) is 6.00. The Bertz CT molecular complexity index is 438. The fourth-order valence-electron chi connectivity index (χ4n) is 1.12. The number of carbonyl (C=O) groups is 1. The van der Waals surface area contributed by atoms with Gasteiger partial charge in [-0.3, -0.25) is 14.9 Å². The lowest BCUT2D eigenvalue weighted by Gasteiger charge is -2.05. The van der Waals surface area contributed by atoms with Gasteiger partial charge in [0.2, 0.25) is 11.7 Å². The van der Waals surface area contributed by atoms with E-state index in [-0.39, 0.29) is 35.4 Å². The molecule has 0 saturated heterocycles. The molecule has 7 nitrogen and oxygen atoms in total. The van der Waals surface area contributed by atoms with Crippen LogP contribution in [0, 0.1) is 10.1 Å². The molecule has 1 aromatic heterocycles. The van der Waals surface area contributed by atoms with Crippen molar-refractivity contribution in [3.8, 4) is 0 Å². The molecule has 0 aliphatic heterocycles. The first-order valence-corrected chi connectivity index (χ1v) is 5.16. The molecule has 1 amide bonds. The summed E-state index contributed by atoms with van der Waals surface area (Å²) >= 11 is 5.61. The van der Waals surface area contributed by atoms with Crippen LogP contribution in [0.3, 0.4) is 0 Å². The van der Waals surface area contributed by atoms with Crippen LogP contribution in [-0.2, 0) is 4.79 Å². The van der Waals surface area contributed by atoms with Crippen LogP contribution in [0.25, 0.3) is 0 Å². The summed E-state index contributed by atoms with van der Waals surface area (Å²) in [6.45, 7) is 0.259. The van der Waals surface area contributed by atoms with Crippen LogP contribution in [0.4, 0.5) is 11.5 Å². The molecule has 2 N–H and O–H groups in total. The van der Waals surface area contributed by atoms with Crippen molar-refractivity contribution in [1.29, 1.82) is 0 Å². The van der Waals surface area contributed by atoms with Gasteiger partial charge in [-0.2, -0.15) is 0 Å². The lowest BCUT2D eigenvalue weighted by atomic mass is 10.3. The lowest BCUT2D eigenvalue weighted by molar-refractivity contribution is -0.384. The third-order valence-corrected chi connectivity index (χ3v) is 2.16. The highest BCUT2D eigenvalue weighted by atomic mass is 35.5. The number of hydrogen-bond acceptors (Lipinski definition) is 5. The van der Waals surface area contributed by atoms with Crippen molar-refractivity contribution < 1.29 is 9.72 Å². The number of carbonyl (C=O) groups excluding carboxylic acids is 1. The van der Waals surface area contributed by atoms with Crippen LogP contribution in [0.15, 0.2) is 12.3 Å². The van der Waals surface area contributed by atoms with Gasteiger partial charge in [0.1, 0.15) is 0 Å². The molecule has 0 fully saturated rings. The highest BCUT2D eigenvalue weighted by Gasteiger charge is 2.15. The van der Waals surface area contributed by atoms with E-state index in [2.05, 4.69) is 15.6 Å². The van der Waals surface area contributed by atoms with Crippen molar-refractivity contribution in [3.63, 3.8) is 0 Å². The van der Waals surface area contributed by atoms with Gasteiger partial charge in [0.25, 0.3) is 0 Å². The van der Waals surface area contributed by atoms with Crippen molar-refractivity contribution in [2.75, 3.05) is 18.9 Å². The molecule has 0 bridgehead atoms. The molecule has 92 valence electrons. The van der Waals surface area contributed by atoms with E-state index in [1.54, 1.807) is 0 Å². The van der Waals surface area contributed by atoms with Gasteiger partial charge in [-0.05, 0) is 0 Å². The van der Waals surface area contributed by atoms with Crippen LogP contribution in [0.2, 0.25) is 5.02 Å². The maximum Gasteiger partial charge on any atom is 0.312 e. The minimum absolute atomic E-state index is 0.100. The first kappa shape index (κ1) is 13.2. The Labute approximate surface area is 102 Å². The molecular weight excluding hydrogens is 248 g/mol. The average molecular weight is 259 g/mol. The number of amides is 1. The summed E-state index contributed by atoms with van der Waals surface area (Å²) in [6.07, 6.45) is 1.51. The van der Waals surface area contributed by atoms with Gasteiger partial charge in [-0.25, -0.2) is 4.98 Å². The van der Waals surface area contributed by atoms with E-state index in [0.29, 0.717) is 0 Å². The molecule has 8 heteroatoms. The van der Waals surface area contributed by atoms with Crippen LogP contribution in [-0.4, -0.2) is 29.4 Å². The van der Waals surface area contributed by atoms with Crippen LogP contribution >= 0.6 is 11.6 Å². The van der Waals surface area contributed by atoms with Gasteiger partial charge in [-0.1, -0.05) is 11.6 Å². The summed E-state index contributed by atoms with van der Waals surface area (Å²) in [7, 11) is 1.52. The minimum atomic E-state index is -0.582. The zero-order chi connectivity index (χ0) is 12.8. The van der Waals surface area contributed by atoms with E-state index in [1.165, 1.54) is 19.3 Å². The van der Waals surface area contributed by atoms with Gasteiger partial charge in [0, 0.05) is 32.3 Å². The van der Waals surface area contributed by atoms with Crippen LogP contribution in [0.1, 0.15) is 6.42 Å². The fraction of sp³-hybridized carbons (Fsp3) is 0.333. The number of anilines is 1. The summed E-state index contributed by atoms with van der Waals surface area (Å²) in [5, 5.41) is 16.1. The number of pyridine rings is 1. The predicted molar refractivity (Wildman–Crippen MR) is 63.1 cm³/mol. The maximum atomic E-state index is 10.9. The quantitative estimate of drug-likeness (QED) is 0.611. The molecule has 0 spiro atoms. The summed E-state index contributed by atoms with van der Waals surface area (Å²) in [4.78, 5) is 24.9. The molecule has 0 aliphatic carbocycles. The molecule has 0 saturated carbocycles. The van der Waals surface area contributed by atoms with Crippen molar-refractivity contribution in [3.05, 3.63) is 27.4 Å². The van der Waals surface area contributed by atoms with E-state index < -0.39 is 4.92 Å². The number of nitro groups is 1. The fourth-order valence-corrected chi connectivity index (χ4v) is 1.28. The normalized spacial score (nSPS) is 9.76. The topological polar surface area (TPSA) is 97.2 Å². The molecule has 0 unspecified atom stereocenters. The SMILES string of the molecule is CNC(=O)CCNc1ncc(Cl)cc1[N+](=O)[O-]. The molecule has 1 heterocycles. The van der Waals surface area contributed by atoms with Gasteiger partial charge in [-0.15, -0.1) is 0 Å². The Morgan fingerprint density at radius 3 is 2.94 bits per heavy atom. The monoisotopic (exact) mass is 258 g/mol. The smallest absolute Gasteiger partial charge is 0.312 e. The summed E-state index contributed by atoms with van der Waals surface area (Å²) in [5.41, 5.74) is -0.214. The number of aromatic nitrogens is 1. The standard InChI is InChI=1S/C9H11ClN4O3/c1-11-8(15)2-3-12-9-7(14(16)17)4-6(10)5-13-9/h4-5H,2-3H2,1H3,(H,11,15)(H,12,13). The van der Waals surface area contributed by atoms with E-state index in [0.717, 1.165) is 0 Å². The minimum Gasteiger partial charge on any atom is -0.364 e. The maximum absolute atomic E-state index is 10.9. The van der Waals surface area contributed by atoms with Crippen molar-refractivity contribution in [2.24, 2.45) is 0 Å². The summed E-state index contributed by atoms with van der Waals surface area (Å²) < 4.78 is 0. The van der Waals surface area contributed by atoms with Gasteiger partial charge >= 0.3 is 5.69 Å².